The van der Waals surface area contributed by atoms with E-state index in [1.54, 1.807) is 16.7 Å². The zero-order valence-corrected chi connectivity index (χ0v) is 17.4. The molecular formula is C20H22N4O4S. The van der Waals surface area contributed by atoms with E-state index < -0.39 is 21.4 Å². The molecule has 3 rings (SSSR count). The number of amides is 1. The first kappa shape index (κ1) is 20.7. The van der Waals surface area contributed by atoms with Gasteiger partial charge in [-0.05, 0) is 50.2 Å². The van der Waals surface area contributed by atoms with Crippen LogP contribution in [0.15, 0.2) is 52.3 Å². The Morgan fingerprint density at radius 2 is 1.79 bits per heavy atom. The van der Waals surface area contributed by atoms with E-state index in [2.05, 4.69) is 10.3 Å². The Balaban J connectivity index is 1.96. The van der Waals surface area contributed by atoms with Crippen molar-refractivity contribution in [1.29, 1.82) is 0 Å². The van der Waals surface area contributed by atoms with E-state index in [0.717, 1.165) is 10.00 Å². The molecule has 1 aromatic carbocycles. The van der Waals surface area contributed by atoms with Crippen LogP contribution in [-0.4, -0.2) is 42.3 Å². The molecule has 1 N–H and O–H groups in total. The van der Waals surface area contributed by atoms with Gasteiger partial charge >= 0.3 is 0 Å². The maximum absolute atomic E-state index is 12.8. The lowest BCUT2D eigenvalue weighted by Crippen LogP contribution is -2.24. The number of carbonyl (C=O) groups excluding carboxylic acids is 1. The Hall–Kier alpha value is -3.04. The van der Waals surface area contributed by atoms with E-state index in [0.29, 0.717) is 23.3 Å². The van der Waals surface area contributed by atoms with Gasteiger partial charge in [0.15, 0.2) is 0 Å². The number of rotatable bonds is 5. The van der Waals surface area contributed by atoms with Crippen molar-refractivity contribution in [3.05, 3.63) is 64.1 Å². The number of pyridine rings is 2. The first-order valence-corrected chi connectivity index (χ1v) is 10.4. The summed E-state index contributed by atoms with van der Waals surface area (Å²) in [4.78, 5) is 30.1. The van der Waals surface area contributed by atoms with Gasteiger partial charge in [-0.3, -0.25) is 9.59 Å². The smallest absolute Gasteiger partial charge is 0.261 e. The lowest BCUT2D eigenvalue weighted by atomic mass is 10.1. The van der Waals surface area contributed by atoms with Crippen LogP contribution in [0.3, 0.4) is 0 Å². The Kier molecular flexibility index (Phi) is 5.54. The highest BCUT2D eigenvalue weighted by molar-refractivity contribution is 7.89. The number of sulfonamides is 1. The molecular weight excluding hydrogens is 392 g/mol. The van der Waals surface area contributed by atoms with Crippen molar-refractivity contribution in [3.63, 3.8) is 0 Å². The van der Waals surface area contributed by atoms with Crippen LogP contribution in [0.1, 0.15) is 23.0 Å². The van der Waals surface area contributed by atoms with Gasteiger partial charge in [0.2, 0.25) is 15.5 Å². The molecule has 3 aromatic rings. The molecule has 0 bridgehead atoms. The molecule has 8 nitrogen and oxygen atoms in total. The highest BCUT2D eigenvalue weighted by Gasteiger charge is 2.18. The first-order chi connectivity index (χ1) is 13.6. The van der Waals surface area contributed by atoms with Crippen LogP contribution in [0, 0.1) is 6.92 Å². The molecule has 29 heavy (non-hydrogen) atoms. The van der Waals surface area contributed by atoms with Gasteiger partial charge in [-0.2, -0.15) is 0 Å². The number of hydrogen-bond acceptors (Lipinski definition) is 5. The summed E-state index contributed by atoms with van der Waals surface area (Å²) < 4.78 is 27.1. The van der Waals surface area contributed by atoms with Crippen LogP contribution in [0.4, 0.5) is 5.69 Å². The molecule has 1 amide bonds. The van der Waals surface area contributed by atoms with Gasteiger partial charge in [0.25, 0.3) is 5.91 Å². The number of hydrogen-bond donors (Lipinski definition) is 1. The molecule has 0 saturated heterocycles. The topological polar surface area (TPSA) is 101 Å². The van der Waals surface area contributed by atoms with Crippen LogP contribution in [-0.2, 0) is 16.6 Å². The summed E-state index contributed by atoms with van der Waals surface area (Å²) in [5, 5.41) is 3.03. The molecule has 0 aliphatic carbocycles. The summed E-state index contributed by atoms with van der Waals surface area (Å²) in [5.74, 6) is -0.567. The van der Waals surface area contributed by atoms with Gasteiger partial charge in [-0.1, -0.05) is 0 Å². The number of nitrogens with zero attached hydrogens (tertiary/aromatic N) is 3. The molecule has 0 unspecified atom stereocenters. The van der Waals surface area contributed by atoms with Gasteiger partial charge in [0.05, 0.1) is 10.3 Å². The minimum absolute atomic E-state index is 0.00464. The maximum atomic E-state index is 12.8. The molecule has 0 atom stereocenters. The largest absolute Gasteiger partial charge is 0.332 e. The van der Waals surface area contributed by atoms with Crippen LogP contribution < -0.4 is 10.7 Å². The number of anilines is 1. The minimum Gasteiger partial charge on any atom is -0.332 e. The van der Waals surface area contributed by atoms with Gasteiger partial charge in [0, 0.05) is 38.2 Å². The maximum Gasteiger partial charge on any atom is 0.261 e. The summed E-state index contributed by atoms with van der Waals surface area (Å²) >= 11 is 0. The SMILES string of the molecule is CCn1cc(C(=O)Nc2ccc(S(=O)(=O)N(C)C)cc2)c(=O)c2ccc(C)nc21. The summed E-state index contributed by atoms with van der Waals surface area (Å²) in [7, 11) is -0.669. The monoisotopic (exact) mass is 414 g/mol. The molecule has 0 saturated carbocycles. The first-order valence-electron chi connectivity index (χ1n) is 9.00. The highest BCUT2D eigenvalue weighted by atomic mass is 32.2. The Bertz CT molecular complexity index is 1250. The van der Waals surface area contributed by atoms with Crippen molar-refractivity contribution < 1.29 is 13.2 Å². The van der Waals surface area contributed by atoms with Crippen molar-refractivity contribution in [2.75, 3.05) is 19.4 Å². The van der Waals surface area contributed by atoms with E-state index in [9.17, 15) is 18.0 Å². The van der Waals surface area contributed by atoms with Crippen molar-refractivity contribution in [3.8, 4) is 0 Å². The number of benzene rings is 1. The molecule has 0 aliphatic rings. The lowest BCUT2D eigenvalue weighted by Gasteiger charge is -2.13. The van der Waals surface area contributed by atoms with Gasteiger partial charge in [0.1, 0.15) is 11.2 Å². The fraction of sp³-hybridized carbons (Fsp3) is 0.250. The zero-order chi connectivity index (χ0) is 21.3. The van der Waals surface area contributed by atoms with Crippen molar-refractivity contribution in [2.24, 2.45) is 0 Å². The van der Waals surface area contributed by atoms with E-state index in [1.165, 1.54) is 44.6 Å². The summed E-state index contributed by atoms with van der Waals surface area (Å²) in [5.41, 5.74) is 1.30. The summed E-state index contributed by atoms with van der Waals surface area (Å²) in [6, 6.07) is 9.18. The minimum atomic E-state index is -3.56. The Morgan fingerprint density at radius 3 is 2.38 bits per heavy atom. The summed E-state index contributed by atoms with van der Waals surface area (Å²) in [6.45, 7) is 4.29. The van der Waals surface area contributed by atoms with Crippen molar-refractivity contribution in [2.45, 2.75) is 25.3 Å². The normalized spacial score (nSPS) is 11.8. The van der Waals surface area contributed by atoms with E-state index >= 15 is 0 Å². The third-order valence-electron chi connectivity index (χ3n) is 4.54. The molecule has 0 spiro atoms. The summed E-state index contributed by atoms with van der Waals surface area (Å²) in [6.07, 6.45) is 1.50. The third-order valence-corrected chi connectivity index (χ3v) is 6.37. The highest BCUT2D eigenvalue weighted by Crippen LogP contribution is 2.17. The molecule has 0 radical (unpaired) electrons. The zero-order valence-electron chi connectivity index (χ0n) is 16.6. The second kappa shape index (κ2) is 7.76. The average molecular weight is 414 g/mol. The number of aromatic nitrogens is 2. The fourth-order valence-electron chi connectivity index (χ4n) is 2.88. The Labute approximate surface area is 168 Å². The van der Waals surface area contributed by atoms with Crippen molar-refractivity contribution >= 4 is 32.7 Å². The third kappa shape index (κ3) is 3.92. The van der Waals surface area contributed by atoms with Crippen LogP contribution in [0.2, 0.25) is 0 Å². The molecule has 152 valence electrons. The van der Waals surface area contributed by atoms with Gasteiger partial charge in [-0.25, -0.2) is 17.7 Å². The van der Waals surface area contributed by atoms with Crippen LogP contribution in [0.25, 0.3) is 11.0 Å². The molecule has 9 heteroatoms. The lowest BCUT2D eigenvalue weighted by molar-refractivity contribution is 0.102. The molecule has 0 aliphatic heterocycles. The average Bonchev–Trinajstić information content (AvgIpc) is 2.68. The molecule has 2 heterocycles. The van der Waals surface area contributed by atoms with Gasteiger partial charge in [-0.15, -0.1) is 0 Å². The standard InChI is InChI=1S/C20H22N4O4S/c1-5-24-12-17(18(25)16-11-6-13(2)21-19(16)24)20(26)22-14-7-9-15(10-8-14)29(27,28)23(3)4/h6-12H,5H2,1-4H3,(H,22,26). The van der Waals surface area contributed by atoms with Crippen LogP contribution in [0.5, 0.6) is 0 Å². The second-order valence-corrected chi connectivity index (χ2v) is 8.90. The fourth-order valence-corrected chi connectivity index (χ4v) is 3.78. The van der Waals surface area contributed by atoms with Crippen molar-refractivity contribution in [1.82, 2.24) is 13.9 Å². The van der Waals surface area contributed by atoms with E-state index in [1.807, 2.05) is 13.8 Å². The Morgan fingerprint density at radius 1 is 1.14 bits per heavy atom. The quantitative estimate of drug-likeness (QED) is 0.690. The molecule has 0 fully saturated rings. The predicted octanol–water partition coefficient (Wildman–Crippen LogP) is 2.23. The number of nitrogens with one attached hydrogen (secondary N) is 1. The number of aryl methyl sites for hydroxylation is 2. The van der Waals surface area contributed by atoms with E-state index in [-0.39, 0.29) is 10.5 Å². The predicted molar refractivity (Wildman–Crippen MR) is 112 cm³/mol. The molecule has 2 aromatic heterocycles. The van der Waals surface area contributed by atoms with E-state index in [4.69, 9.17) is 0 Å². The van der Waals surface area contributed by atoms with Crippen LogP contribution >= 0.6 is 0 Å². The number of fused-ring (bicyclic) bond motifs is 1. The van der Waals surface area contributed by atoms with Gasteiger partial charge < -0.3 is 9.88 Å². The second-order valence-electron chi connectivity index (χ2n) is 6.75. The number of carbonyl (C=O) groups is 1.